The summed E-state index contributed by atoms with van der Waals surface area (Å²) >= 11 is 12.4. The lowest BCUT2D eigenvalue weighted by Gasteiger charge is -2.34. The highest BCUT2D eigenvalue weighted by Gasteiger charge is 2.39. The number of ether oxygens (including phenoxy) is 3. The molecule has 10 heteroatoms. The predicted molar refractivity (Wildman–Crippen MR) is 145 cm³/mol. The molecular formula is C28H27Cl2N3O5. The molecule has 0 saturated heterocycles. The van der Waals surface area contributed by atoms with Crippen molar-refractivity contribution < 1.29 is 23.8 Å². The van der Waals surface area contributed by atoms with Crippen molar-refractivity contribution in [2.24, 2.45) is 0 Å². The number of amides is 1. The van der Waals surface area contributed by atoms with Crippen LogP contribution in [0.25, 0.3) is 0 Å². The van der Waals surface area contributed by atoms with Crippen LogP contribution in [0.3, 0.4) is 0 Å². The molecule has 0 aliphatic heterocycles. The van der Waals surface area contributed by atoms with Crippen LogP contribution in [0.5, 0.6) is 11.5 Å². The number of carbonyl (C=O) groups is 2. The van der Waals surface area contributed by atoms with Gasteiger partial charge in [-0.15, -0.1) is 0 Å². The van der Waals surface area contributed by atoms with E-state index in [4.69, 9.17) is 37.4 Å². The Bertz CT molecular complexity index is 1340. The third kappa shape index (κ3) is 5.28. The molecule has 0 saturated carbocycles. The monoisotopic (exact) mass is 555 g/mol. The molecule has 0 radical (unpaired) electrons. The van der Waals surface area contributed by atoms with Crippen LogP contribution in [-0.2, 0) is 14.9 Å². The third-order valence-electron chi connectivity index (χ3n) is 6.54. The van der Waals surface area contributed by atoms with E-state index >= 15 is 0 Å². The Labute approximate surface area is 230 Å². The Hall–Kier alpha value is -3.75. The largest absolute Gasteiger partial charge is 0.496 e. The van der Waals surface area contributed by atoms with Crippen LogP contribution in [0.1, 0.15) is 34.5 Å². The van der Waals surface area contributed by atoms with E-state index < -0.39 is 23.3 Å². The number of allylic oxidation sites excluding steroid dienone is 3. The van der Waals surface area contributed by atoms with Crippen molar-refractivity contribution >= 4 is 35.1 Å². The first-order valence-electron chi connectivity index (χ1n) is 11.8. The van der Waals surface area contributed by atoms with Crippen molar-refractivity contribution in [2.45, 2.75) is 24.3 Å². The van der Waals surface area contributed by atoms with E-state index in [0.717, 1.165) is 16.8 Å². The Balaban J connectivity index is 1.65. The lowest BCUT2D eigenvalue weighted by molar-refractivity contribution is -0.142. The highest BCUT2D eigenvalue weighted by molar-refractivity contribution is 6.39. The first-order valence-corrected chi connectivity index (χ1v) is 12.5. The van der Waals surface area contributed by atoms with Gasteiger partial charge in [0.25, 0.3) is 5.91 Å². The van der Waals surface area contributed by atoms with Crippen molar-refractivity contribution in [1.82, 2.24) is 15.5 Å². The van der Waals surface area contributed by atoms with Gasteiger partial charge >= 0.3 is 5.97 Å². The van der Waals surface area contributed by atoms with Gasteiger partial charge in [-0.05, 0) is 42.3 Å². The number of hydrogen-bond acceptors (Lipinski definition) is 6. The van der Waals surface area contributed by atoms with E-state index in [-0.39, 0.29) is 22.0 Å². The van der Waals surface area contributed by atoms with Gasteiger partial charge in [-0.25, -0.2) is 4.79 Å². The van der Waals surface area contributed by atoms with Crippen LogP contribution in [0, 0.1) is 0 Å². The van der Waals surface area contributed by atoms with Crippen LogP contribution in [0.4, 0.5) is 0 Å². The molecule has 0 bridgehead atoms. The number of halogens is 2. The minimum Gasteiger partial charge on any atom is -0.496 e. The lowest BCUT2D eigenvalue weighted by atomic mass is 9.70. The quantitative estimate of drug-likeness (QED) is 0.349. The molecular weight excluding hydrogens is 529 g/mol. The molecule has 0 fully saturated rings. The van der Waals surface area contributed by atoms with Crippen molar-refractivity contribution in [2.75, 3.05) is 21.3 Å². The van der Waals surface area contributed by atoms with Crippen molar-refractivity contribution in [3.8, 4) is 11.5 Å². The van der Waals surface area contributed by atoms with Gasteiger partial charge in [0.15, 0.2) is 0 Å². The summed E-state index contributed by atoms with van der Waals surface area (Å²) in [7, 11) is 4.50. The molecule has 1 unspecified atom stereocenters. The molecule has 8 nitrogen and oxygen atoms in total. The van der Waals surface area contributed by atoms with E-state index in [9.17, 15) is 9.59 Å². The minimum absolute atomic E-state index is 0.0967. The summed E-state index contributed by atoms with van der Waals surface area (Å²) in [6.07, 6.45) is 8.35. The van der Waals surface area contributed by atoms with E-state index in [2.05, 4.69) is 15.5 Å². The number of benzene rings is 2. The second kappa shape index (κ2) is 11.8. The number of rotatable bonds is 9. The zero-order valence-electron chi connectivity index (χ0n) is 21.1. The van der Waals surface area contributed by atoms with Crippen molar-refractivity contribution in [3.63, 3.8) is 0 Å². The number of methoxy groups -OCH3 is 3. The number of hydrogen-bond donors (Lipinski definition) is 2. The highest BCUT2D eigenvalue weighted by atomic mass is 35.5. The fourth-order valence-electron chi connectivity index (χ4n) is 4.66. The maximum atomic E-state index is 13.0. The maximum Gasteiger partial charge on any atom is 0.328 e. The van der Waals surface area contributed by atoms with Crippen molar-refractivity contribution in [3.05, 3.63) is 99.3 Å². The zero-order chi connectivity index (χ0) is 27.3. The Morgan fingerprint density at radius 2 is 1.71 bits per heavy atom. The average molecular weight is 556 g/mol. The predicted octanol–water partition coefficient (Wildman–Crippen LogP) is 5.27. The van der Waals surface area contributed by atoms with Crippen molar-refractivity contribution in [1.29, 1.82) is 0 Å². The molecule has 198 valence electrons. The molecule has 1 heterocycles. The standard InChI is InChI=1S/C28H27Cl2N3O5/c1-36-21-8-5-9-22(37-2)25(21)28(23-12-15-31-33-23)13-10-17(11-14-28)16-20(27(35)38-3)32-26(34)24-18(29)6-4-7-19(24)30/h4-13,15,20H,14,16H2,1-3H3,(H,31,33)(H,32,34)/t20-,28?/m0/s1. The fraction of sp³-hybridized carbons (Fsp3) is 0.250. The summed E-state index contributed by atoms with van der Waals surface area (Å²) in [6.45, 7) is 0. The van der Waals surface area contributed by atoms with E-state index in [1.54, 1.807) is 38.6 Å². The molecule has 2 atom stereocenters. The molecule has 2 aromatic carbocycles. The van der Waals surface area contributed by atoms with Crippen LogP contribution < -0.4 is 14.8 Å². The normalized spacial score (nSPS) is 17.3. The SMILES string of the molecule is COC(=O)[C@H](CC1=CCC(c2ccn[nH]2)(c2c(OC)cccc2OC)C=C1)NC(=O)c1c(Cl)cccc1Cl. The second-order valence-electron chi connectivity index (χ2n) is 8.65. The van der Waals surface area contributed by atoms with E-state index in [1.807, 2.05) is 42.5 Å². The smallest absolute Gasteiger partial charge is 0.328 e. The van der Waals surface area contributed by atoms with Crippen LogP contribution in [0.2, 0.25) is 10.0 Å². The molecule has 1 aliphatic carbocycles. The van der Waals surface area contributed by atoms with Gasteiger partial charge in [0.05, 0.1) is 53.6 Å². The van der Waals surface area contributed by atoms with Gasteiger partial charge in [0, 0.05) is 12.6 Å². The van der Waals surface area contributed by atoms with Gasteiger partial charge in [-0.3, -0.25) is 9.89 Å². The lowest BCUT2D eigenvalue weighted by Crippen LogP contribution is -2.42. The van der Waals surface area contributed by atoms with Gasteiger partial charge in [-0.1, -0.05) is 53.6 Å². The Morgan fingerprint density at radius 1 is 1.05 bits per heavy atom. The van der Waals surface area contributed by atoms with Crippen LogP contribution >= 0.6 is 23.2 Å². The van der Waals surface area contributed by atoms with Gasteiger partial charge < -0.3 is 19.5 Å². The van der Waals surface area contributed by atoms with E-state index in [0.29, 0.717) is 17.9 Å². The molecule has 2 N–H and O–H groups in total. The number of carbonyl (C=O) groups excluding carboxylic acids is 2. The average Bonchev–Trinajstić information content (AvgIpc) is 3.48. The number of nitrogens with zero attached hydrogens (tertiary/aromatic N) is 1. The molecule has 1 amide bonds. The van der Waals surface area contributed by atoms with E-state index in [1.165, 1.54) is 7.11 Å². The molecule has 1 aromatic heterocycles. The fourth-order valence-corrected chi connectivity index (χ4v) is 5.23. The summed E-state index contributed by atoms with van der Waals surface area (Å²) in [5.41, 5.74) is 1.94. The third-order valence-corrected chi connectivity index (χ3v) is 7.17. The highest BCUT2D eigenvalue weighted by Crippen LogP contribution is 2.48. The number of aromatic nitrogens is 2. The summed E-state index contributed by atoms with van der Waals surface area (Å²) in [5.74, 6) is 0.170. The minimum atomic E-state index is -0.962. The Morgan fingerprint density at radius 3 is 2.24 bits per heavy atom. The topological polar surface area (TPSA) is 103 Å². The first-order chi connectivity index (χ1) is 18.3. The first kappa shape index (κ1) is 27.3. The zero-order valence-corrected chi connectivity index (χ0v) is 22.6. The number of H-pyrrole nitrogens is 1. The summed E-state index contributed by atoms with van der Waals surface area (Å²) in [6, 6.07) is 11.3. The Kier molecular flexibility index (Phi) is 8.44. The van der Waals surface area contributed by atoms with Crippen LogP contribution in [0.15, 0.2) is 72.5 Å². The number of aromatic amines is 1. The summed E-state index contributed by atoms with van der Waals surface area (Å²) in [5, 5.41) is 10.3. The molecule has 1 aliphatic rings. The molecule has 38 heavy (non-hydrogen) atoms. The second-order valence-corrected chi connectivity index (χ2v) is 9.46. The van der Waals surface area contributed by atoms with Gasteiger partial charge in [-0.2, -0.15) is 5.10 Å². The molecule has 4 rings (SSSR count). The molecule has 0 spiro atoms. The summed E-state index contributed by atoms with van der Waals surface area (Å²) < 4.78 is 16.4. The van der Waals surface area contributed by atoms with Crippen LogP contribution in [-0.4, -0.2) is 49.4 Å². The number of nitrogens with one attached hydrogen (secondary N) is 2. The van der Waals surface area contributed by atoms with Gasteiger partial charge in [0.1, 0.15) is 17.5 Å². The summed E-state index contributed by atoms with van der Waals surface area (Å²) in [4.78, 5) is 25.6. The molecule has 3 aromatic rings. The van der Waals surface area contributed by atoms with Gasteiger partial charge in [0.2, 0.25) is 0 Å². The maximum absolute atomic E-state index is 13.0. The number of esters is 1.